The van der Waals surface area contributed by atoms with Crippen LogP contribution in [-0.4, -0.2) is 45.8 Å². The molecule has 8 heteroatoms. The standard InChI is InChI=1S/C19H24FN3O3S/c1-5-23(6-2)27(25,26)16-10-11-18(22(3)4)17(13-16)21-19(24)14-8-7-9-15(20)12-14/h7-13H,5-6H2,1-4H3,(H,21,24). The van der Waals surface area contributed by atoms with Crippen molar-refractivity contribution in [1.82, 2.24) is 4.31 Å². The van der Waals surface area contributed by atoms with Crippen LogP contribution in [0.15, 0.2) is 47.4 Å². The van der Waals surface area contributed by atoms with Crippen LogP contribution in [0.3, 0.4) is 0 Å². The number of hydrogen-bond acceptors (Lipinski definition) is 4. The van der Waals surface area contributed by atoms with E-state index in [0.717, 1.165) is 6.07 Å². The number of carbonyl (C=O) groups excluding carboxylic acids is 1. The third kappa shape index (κ3) is 4.64. The highest BCUT2D eigenvalue weighted by Gasteiger charge is 2.23. The van der Waals surface area contributed by atoms with Gasteiger partial charge in [-0.15, -0.1) is 0 Å². The van der Waals surface area contributed by atoms with E-state index in [1.165, 1.54) is 34.6 Å². The third-order valence-corrected chi connectivity index (χ3v) is 6.17. The fourth-order valence-corrected chi connectivity index (χ4v) is 4.19. The minimum absolute atomic E-state index is 0.0892. The summed E-state index contributed by atoms with van der Waals surface area (Å²) >= 11 is 0. The van der Waals surface area contributed by atoms with Gasteiger partial charge in [-0.05, 0) is 36.4 Å². The van der Waals surface area contributed by atoms with Gasteiger partial charge in [-0.1, -0.05) is 19.9 Å². The molecule has 6 nitrogen and oxygen atoms in total. The fraction of sp³-hybridized carbons (Fsp3) is 0.316. The Morgan fingerprint density at radius 2 is 1.74 bits per heavy atom. The summed E-state index contributed by atoms with van der Waals surface area (Å²) < 4.78 is 40.3. The lowest BCUT2D eigenvalue weighted by Gasteiger charge is -2.22. The van der Waals surface area contributed by atoms with E-state index >= 15 is 0 Å². The minimum Gasteiger partial charge on any atom is -0.376 e. The molecule has 0 bridgehead atoms. The highest BCUT2D eigenvalue weighted by atomic mass is 32.2. The van der Waals surface area contributed by atoms with E-state index in [-0.39, 0.29) is 10.5 Å². The van der Waals surface area contributed by atoms with E-state index in [9.17, 15) is 17.6 Å². The molecular weight excluding hydrogens is 369 g/mol. The van der Waals surface area contributed by atoms with Crippen molar-refractivity contribution >= 4 is 27.3 Å². The van der Waals surface area contributed by atoms with Crippen molar-refractivity contribution in [1.29, 1.82) is 0 Å². The van der Waals surface area contributed by atoms with Crippen molar-refractivity contribution in [3.05, 3.63) is 53.8 Å². The first kappa shape index (κ1) is 20.9. The molecule has 0 radical (unpaired) electrons. The number of carbonyl (C=O) groups is 1. The van der Waals surface area contributed by atoms with Crippen molar-refractivity contribution in [3.8, 4) is 0 Å². The van der Waals surface area contributed by atoms with E-state index in [2.05, 4.69) is 5.32 Å². The molecule has 0 aliphatic carbocycles. The highest BCUT2D eigenvalue weighted by Crippen LogP contribution is 2.29. The van der Waals surface area contributed by atoms with Gasteiger partial charge < -0.3 is 10.2 Å². The molecule has 0 saturated heterocycles. The first-order valence-electron chi connectivity index (χ1n) is 8.59. The van der Waals surface area contributed by atoms with Crippen LogP contribution in [0, 0.1) is 5.82 Å². The Bertz CT molecular complexity index is 926. The van der Waals surface area contributed by atoms with E-state index in [0.29, 0.717) is 24.5 Å². The Balaban J connectivity index is 2.46. The fourth-order valence-electron chi connectivity index (χ4n) is 2.70. The number of amides is 1. The maximum absolute atomic E-state index is 13.4. The van der Waals surface area contributed by atoms with E-state index in [1.807, 2.05) is 0 Å². The molecule has 0 aliphatic rings. The zero-order chi connectivity index (χ0) is 20.2. The molecule has 0 unspecified atom stereocenters. The lowest BCUT2D eigenvalue weighted by atomic mass is 10.2. The van der Waals surface area contributed by atoms with Crippen molar-refractivity contribution < 1.29 is 17.6 Å². The summed E-state index contributed by atoms with van der Waals surface area (Å²) in [5.74, 6) is -1.04. The van der Waals surface area contributed by atoms with Crippen LogP contribution in [0.5, 0.6) is 0 Å². The summed E-state index contributed by atoms with van der Waals surface area (Å²) in [6, 6.07) is 9.89. The van der Waals surface area contributed by atoms with Crippen molar-refractivity contribution in [2.45, 2.75) is 18.7 Å². The molecule has 1 amide bonds. The van der Waals surface area contributed by atoms with Crippen molar-refractivity contribution in [2.24, 2.45) is 0 Å². The molecule has 0 spiro atoms. The van der Waals surface area contributed by atoms with Crippen molar-refractivity contribution in [3.63, 3.8) is 0 Å². The topological polar surface area (TPSA) is 69.7 Å². The van der Waals surface area contributed by atoms with Crippen LogP contribution < -0.4 is 10.2 Å². The molecule has 0 fully saturated rings. The second kappa shape index (κ2) is 8.49. The molecule has 0 atom stereocenters. The predicted octanol–water partition coefficient (Wildman–Crippen LogP) is 3.17. The van der Waals surface area contributed by atoms with E-state index in [1.54, 1.807) is 38.9 Å². The monoisotopic (exact) mass is 393 g/mol. The van der Waals surface area contributed by atoms with Gasteiger partial charge in [-0.25, -0.2) is 12.8 Å². The van der Waals surface area contributed by atoms with Gasteiger partial charge in [-0.3, -0.25) is 4.79 Å². The summed E-state index contributed by atoms with van der Waals surface area (Å²) in [4.78, 5) is 14.3. The zero-order valence-corrected chi connectivity index (χ0v) is 16.7. The van der Waals surface area contributed by atoms with Crippen LogP contribution in [0.4, 0.5) is 15.8 Å². The summed E-state index contributed by atoms with van der Waals surface area (Å²) in [5.41, 5.74) is 1.12. The second-order valence-corrected chi connectivity index (χ2v) is 8.07. The van der Waals surface area contributed by atoms with E-state index in [4.69, 9.17) is 0 Å². The smallest absolute Gasteiger partial charge is 0.255 e. The summed E-state index contributed by atoms with van der Waals surface area (Å²) in [5, 5.41) is 2.69. The number of hydrogen-bond donors (Lipinski definition) is 1. The Morgan fingerprint density at radius 3 is 2.30 bits per heavy atom. The Kier molecular flexibility index (Phi) is 6.56. The number of sulfonamides is 1. The highest BCUT2D eigenvalue weighted by molar-refractivity contribution is 7.89. The average molecular weight is 393 g/mol. The molecule has 2 aromatic carbocycles. The molecule has 2 aromatic rings. The van der Waals surface area contributed by atoms with Crippen LogP contribution in [-0.2, 0) is 10.0 Å². The number of nitrogens with one attached hydrogen (secondary N) is 1. The number of nitrogens with zero attached hydrogens (tertiary/aromatic N) is 2. The van der Waals surface area contributed by atoms with Crippen LogP contribution in [0.25, 0.3) is 0 Å². The van der Waals surface area contributed by atoms with Gasteiger partial charge in [0.15, 0.2) is 0 Å². The molecule has 146 valence electrons. The van der Waals surface area contributed by atoms with Gasteiger partial charge in [0.1, 0.15) is 5.82 Å². The number of anilines is 2. The number of halogens is 1. The zero-order valence-electron chi connectivity index (χ0n) is 15.9. The molecule has 0 heterocycles. The van der Waals surface area contributed by atoms with Gasteiger partial charge in [0.05, 0.1) is 16.3 Å². The average Bonchev–Trinajstić information content (AvgIpc) is 2.62. The van der Waals surface area contributed by atoms with Gasteiger partial charge >= 0.3 is 0 Å². The third-order valence-electron chi connectivity index (χ3n) is 4.13. The molecule has 0 saturated carbocycles. The lowest BCUT2D eigenvalue weighted by Crippen LogP contribution is -2.30. The first-order valence-corrected chi connectivity index (χ1v) is 10.0. The largest absolute Gasteiger partial charge is 0.376 e. The molecule has 27 heavy (non-hydrogen) atoms. The van der Waals surface area contributed by atoms with Crippen LogP contribution >= 0.6 is 0 Å². The Hall–Kier alpha value is -2.45. The first-order chi connectivity index (χ1) is 12.7. The maximum atomic E-state index is 13.4. The normalized spacial score (nSPS) is 11.5. The SMILES string of the molecule is CCN(CC)S(=O)(=O)c1ccc(N(C)C)c(NC(=O)c2cccc(F)c2)c1. The Labute approximate surface area is 159 Å². The van der Waals surface area contributed by atoms with Crippen LogP contribution in [0.1, 0.15) is 24.2 Å². The summed E-state index contributed by atoms with van der Waals surface area (Å²) in [7, 11) is -0.103. The summed E-state index contributed by atoms with van der Waals surface area (Å²) in [6.07, 6.45) is 0. The van der Waals surface area contributed by atoms with E-state index < -0.39 is 21.7 Å². The second-order valence-electron chi connectivity index (χ2n) is 6.13. The number of benzene rings is 2. The number of rotatable bonds is 7. The van der Waals surface area contributed by atoms with Crippen molar-refractivity contribution in [2.75, 3.05) is 37.4 Å². The maximum Gasteiger partial charge on any atom is 0.255 e. The minimum atomic E-state index is -3.67. The molecule has 1 N–H and O–H groups in total. The molecular formula is C19H24FN3O3S. The predicted molar refractivity (Wildman–Crippen MR) is 105 cm³/mol. The van der Waals surface area contributed by atoms with Crippen LogP contribution in [0.2, 0.25) is 0 Å². The molecule has 0 aliphatic heterocycles. The molecule has 2 rings (SSSR count). The summed E-state index contributed by atoms with van der Waals surface area (Å²) in [6.45, 7) is 4.22. The van der Waals surface area contributed by atoms with Gasteiger partial charge in [-0.2, -0.15) is 4.31 Å². The quantitative estimate of drug-likeness (QED) is 0.784. The Morgan fingerprint density at radius 1 is 1.07 bits per heavy atom. The van der Waals surface area contributed by atoms with Gasteiger partial charge in [0.2, 0.25) is 10.0 Å². The molecule has 0 aromatic heterocycles. The lowest BCUT2D eigenvalue weighted by molar-refractivity contribution is 0.102. The van der Waals surface area contributed by atoms with Gasteiger partial charge in [0, 0.05) is 32.7 Å². The van der Waals surface area contributed by atoms with Gasteiger partial charge in [0.25, 0.3) is 5.91 Å².